The standard InChI is InChI=1S/C11H19ClN4/c1-7-8(12)13-10(11(2,3)4)14-9(7)15-16(5)6/h1-6H3,(H,13,14,15). The fourth-order valence-corrected chi connectivity index (χ4v) is 1.31. The van der Waals surface area contributed by atoms with Crippen molar-refractivity contribution in [2.24, 2.45) is 0 Å². The Bertz CT molecular complexity index is 382. The Morgan fingerprint density at radius 1 is 1.19 bits per heavy atom. The summed E-state index contributed by atoms with van der Waals surface area (Å²) in [6.07, 6.45) is 0. The van der Waals surface area contributed by atoms with E-state index in [0.29, 0.717) is 5.15 Å². The molecule has 4 nitrogen and oxygen atoms in total. The summed E-state index contributed by atoms with van der Waals surface area (Å²) in [4.78, 5) is 8.80. The maximum absolute atomic E-state index is 6.10. The molecule has 1 N–H and O–H groups in total. The highest BCUT2D eigenvalue weighted by Gasteiger charge is 2.20. The first kappa shape index (κ1) is 13.2. The van der Waals surface area contributed by atoms with Gasteiger partial charge < -0.3 is 5.43 Å². The summed E-state index contributed by atoms with van der Waals surface area (Å²) in [6, 6.07) is 0. The van der Waals surface area contributed by atoms with Crippen molar-refractivity contribution in [3.05, 3.63) is 16.5 Å². The minimum absolute atomic E-state index is 0.111. The topological polar surface area (TPSA) is 41.1 Å². The zero-order valence-electron chi connectivity index (χ0n) is 10.7. The molecule has 0 aliphatic heterocycles. The van der Waals surface area contributed by atoms with Crippen LogP contribution in [0, 0.1) is 6.92 Å². The number of rotatable bonds is 2. The van der Waals surface area contributed by atoms with Crippen molar-refractivity contribution in [3.8, 4) is 0 Å². The predicted molar refractivity (Wildman–Crippen MR) is 67.8 cm³/mol. The summed E-state index contributed by atoms with van der Waals surface area (Å²) in [5.74, 6) is 1.50. The van der Waals surface area contributed by atoms with E-state index in [1.165, 1.54) is 0 Å². The molecule has 0 fully saturated rings. The van der Waals surface area contributed by atoms with Gasteiger partial charge in [0.15, 0.2) is 0 Å². The maximum atomic E-state index is 6.10. The van der Waals surface area contributed by atoms with Gasteiger partial charge in [-0.3, -0.25) is 0 Å². The van der Waals surface area contributed by atoms with Crippen molar-refractivity contribution >= 4 is 17.4 Å². The number of hydrogen-bond acceptors (Lipinski definition) is 4. The second kappa shape index (κ2) is 4.55. The Labute approximate surface area is 102 Å². The van der Waals surface area contributed by atoms with E-state index in [-0.39, 0.29) is 5.41 Å². The molecule has 0 atom stereocenters. The van der Waals surface area contributed by atoms with Crippen LogP contribution in [0.1, 0.15) is 32.2 Å². The van der Waals surface area contributed by atoms with Crippen LogP contribution in [0.15, 0.2) is 0 Å². The molecule has 1 rings (SSSR count). The summed E-state index contributed by atoms with van der Waals surface area (Å²) >= 11 is 6.10. The molecule has 0 aromatic carbocycles. The van der Waals surface area contributed by atoms with Crippen LogP contribution in [0.25, 0.3) is 0 Å². The SMILES string of the molecule is Cc1c(Cl)nc(C(C)(C)C)nc1NN(C)C. The van der Waals surface area contributed by atoms with Crippen molar-refractivity contribution in [1.82, 2.24) is 15.0 Å². The highest BCUT2D eigenvalue weighted by atomic mass is 35.5. The summed E-state index contributed by atoms with van der Waals surface area (Å²) in [5.41, 5.74) is 3.88. The van der Waals surface area contributed by atoms with Gasteiger partial charge in [-0.2, -0.15) is 0 Å². The zero-order valence-corrected chi connectivity index (χ0v) is 11.5. The molecule has 1 aromatic rings. The second-order valence-electron chi connectivity index (χ2n) is 5.07. The third-order valence-electron chi connectivity index (χ3n) is 2.09. The Kier molecular flexibility index (Phi) is 3.76. The summed E-state index contributed by atoms with van der Waals surface area (Å²) in [5, 5.41) is 2.34. The Morgan fingerprint density at radius 2 is 1.75 bits per heavy atom. The van der Waals surface area contributed by atoms with E-state index in [1.807, 2.05) is 26.0 Å². The summed E-state index contributed by atoms with van der Waals surface area (Å²) < 4.78 is 0. The lowest BCUT2D eigenvalue weighted by atomic mass is 9.95. The van der Waals surface area contributed by atoms with Crippen LogP contribution in [0.4, 0.5) is 5.82 Å². The van der Waals surface area contributed by atoms with E-state index in [9.17, 15) is 0 Å². The summed E-state index contributed by atoms with van der Waals surface area (Å²) in [6.45, 7) is 8.09. The molecule has 0 saturated heterocycles. The first-order valence-corrected chi connectivity index (χ1v) is 5.58. The molecule has 0 saturated carbocycles. The lowest BCUT2D eigenvalue weighted by molar-refractivity contribution is 0.486. The van der Waals surface area contributed by atoms with Gasteiger partial charge in [-0.25, -0.2) is 15.0 Å². The van der Waals surface area contributed by atoms with Gasteiger partial charge in [-0.05, 0) is 6.92 Å². The number of hydrogen-bond donors (Lipinski definition) is 1. The maximum Gasteiger partial charge on any atom is 0.148 e. The quantitative estimate of drug-likeness (QED) is 0.640. The minimum atomic E-state index is -0.111. The van der Waals surface area contributed by atoms with Gasteiger partial charge in [0.25, 0.3) is 0 Å². The number of halogens is 1. The molecule has 1 aromatic heterocycles. The molecule has 0 bridgehead atoms. The molecule has 90 valence electrons. The van der Waals surface area contributed by atoms with Crippen LogP contribution in [0.2, 0.25) is 5.15 Å². The van der Waals surface area contributed by atoms with E-state index in [4.69, 9.17) is 11.6 Å². The molecule has 0 spiro atoms. The number of nitrogens with zero attached hydrogens (tertiary/aromatic N) is 3. The molecule has 0 aliphatic rings. The molecule has 5 heteroatoms. The molecular weight excluding hydrogens is 224 g/mol. The van der Waals surface area contributed by atoms with Gasteiger partial charge in [0.2, 0.25) is 0 Å². The lowest BCUT2D eigenvalue weighted by Crippen LogP contribution is -2.24. The van der Waals surface area contributed by atoms with Crippen molar-refractivity contribution in [1.29, 1.82) is 0 Å². The third-order valence-corrected chi connectivity index (χ3v) is 2.45. The largest absolute Gasteiger partial charge is 0.303 e. The molecule has 16 heavy (non-hydrogen) atoms. The monoisotopic (exact) mass is 242 g/mol. The number of anilines is 1. The van der Waals surface area contributed by atoms with Gasteiger partial charge in [0, 0.05) is 25.1 Å². The van der Waals surface area contributed by atoms with Crippen LogP contribution in [0.5, 0.6) is 0 Å². The molecule has 0 amide bonds. The molecule has 0 unspecified atom stereocenters. The fourth-order valence-electron chi connectivity index (χ4n) is 1.15. The average Bonchev–Trinajstić information content (AvgIpc) is 2.10. The highest BCUT2D eigenvalue weighted by Crippen LogP contribution is 2.25. The molecule has 0 radical (unpaired) electrons. The fraction of sp³-hybridized carbons (Fsp3) is 0.636. The van der Waals surface area contributed by atoms with Crippen LogP contribution in [0.3, 0.4) is 0 Å². The third kappa shape index (κ3) is 3.06. The number of hydrazine groups is 1. The van der Waals surface area contributed by atoms with Gasteiger partial charge in [-0.1, -0.05) is 32.4 Å². The predicted octanol–water partition coefficient (Wildman–Crippen LogP) is 2.62. The van der Waals surface area contributed by atoms with Crippen molar-refractivity contribution in [2.45, 2.75) is 33.1 Å². The van der Waals surface area contributed by atoms with Crippen molar-refractivity contribution in [2.75, 3.05) is 19.5 Å². The Morgan fingerprint density at radius 3 is 2.19 bits per heavy atom. The highest BCUT2D eigenvalue weighted by molar-refractivity contribution is 6.30. The van der Waals surface area contributed by atoms with Gasteiger partial charge >= 0.3 is 0 Å². The van der Waals surface area contributed by atoms with E-state index in [2.05, 4.69) is 36.2 Å². The first-order chi connectivity index (χ1) is 7.21. The normalized spacial score (nSPS) is 12.0. The van der Waals surface area contributed by atoms with Gasteiger partial charge in [-0.15, -0.1) is 0 Å². The lowest BCUT2D eigenvalue weighted by Gasteiger charge is -2.21. The number of nitrogens with one attached hydrogen (secondary N) is 1. The van der Waals surface area contributed by atoms with E-state index in [1.54, 1.807) is 0 Å². The van der Waals surface area contributed by atoms with Gasteiger partial charge in [0.1, 0.15) is 16.8 Å². The molecule has 1 heterocycles. The van der Waals surface area contributed by atoms with Crippen LogP contribution in [-0.4, -0.2) is 29.1 Å². The molecule has 0 aliphatic carbocycles. The number of aromatic nitrogens is 2. The second-order valence-corrected chi connectivity index (χ2v) is 5.43. The van der Waals surface area contributed by atoms with E-state index in [0.717, 1.165) is 17.2 Å². The van der Waals surface area contributed by atoms with Crippen LogP contribution >= 0.6 is 11.6 Å². The Balaban J connectivity index is 3.22. The molecular formula is C11H19ClN4. The average molecular weight is 243 g/mol. The van der Waals surface area contributed by atoms with E-state index >= 15 is 0 Å². The summed E-state index contributed by atoms with van der Waals surface area (Å²) in [7, 11) is 3.82. The van der Waals surface area contributed by atoms with Crippen molar-refractivity contribution < 1.29 is 0 Å². The van der Waals surface area contributed by atoms with Gasteiger partial charge in [0.05, 0.1) is 0 Å². The zero-order chi connectivity index (χ0) is 12.5. The first-order valence-electron chi connectivity index (χ1n) is 5.20. The van der Waals surface area contributed by atoms with Crippen molar-refractivity contribution in [3.63, 3.8) is 0 Å². The van der Waals surface area contributed by atoms with Crippen LogP contribution < -0.4 is 5.43 Å². The van der Waals surface area contributed by atoms with Crippen LogP contribution in [-0.2, 0) is 5.41 Å². The minimum Gasteiger partial charge on any atom is -0.303 e. The smallest absolute Gasteiger partial charge is 0.148 e. The van der Waals surface area contributed by atoms with E-state index < -0.39 is 0 Å². The Hall–Kier alpha value is -0.870.